The Labute approximate surface area is 158 Å². The number of aromatic nitrogens is 1. The summed E-state index contributed by atoms with van der Waals surface area (Å²) < 4.78 is 14.2. The first-order valence-electron chi connectivity index (χ1n) is 8.39. The Bertz CT molecular complexity index is 1150. The second-order valence-corrected chi connectivity index (χ2v) is 6.34. The lowest BCUT2D eigenvalue weighted by Gasteiger charge is -2.12. The van der Waals surface area contributed by atoms with Crippen molar-refractivity contribution in [3.05, 3.63) is 74.8 Å². The highest BCUT2D eigenvalue weighted by Crippen LogP contribution is 2.29. The van der Waals surface area contributed by atoms with Crippen LogP contribution < -0.4 is 10.9 Å². The highest BCUT2D eigenvalue weighted by atomic mass is 19.1. The third-order valence-electron chi connectivity index (χ3n) is 4.41. The third-order valence-corrected chi connectivity index (χ3v) is 4.41. The minimum absolute atomic E-state index is 0.0383. The predicted molar refractivity (Wildman–Crippen MR) is 100 cm³/mol. The van der Waals surface area contributed by atoms with Gasteiger partial charge in [0.05, 0.1) is 5.52 Å². The molecule has 0 saturated heterocycles. The molecule has 8 heteroatoms. The first-order valence-corrected chi connectivity index (χ1v) is 8.39. The average molecular weight is 384 g/mol. The van der Waals surface area contributed by atoms with Crippen LogP contribution in [0, 0.1) is 12.7 Å². The summed E-state index contributed by atoms with van der Waals surface area (Å²) in [7, 11) is 0. The topological polar surface area (TPSA) is 119 Å². The molecule has 4 N–H and O–H groups in total. The standard InChI is InChI=1S/C20H17FN2O5/c1-10-4-2-3-5-11(10)6-12-7-13(21)8-14-17(12)23-20(28)16(18(14)26)19(27)22-9-15(24)25/h2-5,7-8H,6,9H2,1H3,(H,22,27)(H,24,25)(H2,23,26,28). The molecule has 144 valence electrons. The van der Waals surface area contributed by atoms with E-state index in [9.17, 15) is 23.9 Å². The molecular weight excluding hydrogens is 367 g/mol. The number of carboxylic acid groups (broad SMARTS) is 1. The van der Waals surface area contributed by atoms with E-state index in [2.05, 4.69) is 4.98 Å². The van der Waals surface area contributed by atoms with Crippen LogP contribution in [0.1, 0.15) is 27.0 Å². The number of carbonyl (C=O) groups excluding carboxylic acids is 1. The Balaban J connectivity index is 2.14. The van der Waals surface area contributed by atoms with Crippen LogP contribution in [0.5, 0.6) is 5.75 Å². The zero-order valence-corrected chi connectivity index (χ0v) is 14.9. The normalized spacial score (nSPS) is 10.8. The Morgan fingerprint density at radius 3 is 2.57 bits per heavy atom. The minimum atomic E-state index is -1.31. The van der Waals surface area contributed by atoms with Crippen LogP contribution in [0.25, 0.3) is 10.9 Å². The van der Waals surface area contributed by atoms with E-state index in [1.165, 1.54) is 6.07 Å². The Kier molecular flexibility index (Phi) is 5.12. The number of nitrogens with one attached hydrogen (secondary N) is 2. The number of hydrogen-bond donors (Lipinski definition) is 4. The van der Waals surface area contributed by atoms with Gasteiger partial charge in [-0.05, 0) is 42.2 Å². The summed E-state index contributed by atoms with van der Waals surface area (Å²) in [6.07, 6.45) is 0.306. The number of pyridine rings is 1. The van der Waals surface area contributed by atoms with Crippen LogP contribution >= 0.6 is 0 Å². The van der Waals surface area contributed by atoms with E-state index >= 15 is 0 Å². The molecule has 7 nitrogen and oxygen atoms in total. The second-order valence-electron chi connectivity index (χ2n) is 6.34. The number of benzene rings is 2. The summed E-state index contributed by atoms with van der Waals surface area (Å²) in [6, 6.07) is 9.76. The molecule has 1 amide bonds. The number of amides is 1. The Morgan fingerprint density at radius 2 is 1.89 bits per heavy atom. The van der Waals surface area contributed by atoms with Gasteiger partial charge in [-0.1, -0.05) is 24.3 Å². The van der Waals surface area contributed by atoms with Crippen molar-refractivity contribution in [2.45, 2.75) is 13.3 Å². The fourth-order valence-corrected chi connectivity index (χ4v) is 3.02. The molecule has 28 heavy (non-hydrogen) atoms. The van der Waals surface area contributed by atoms with Gasteiger partial charge in [-0.15, -0.1) is 0 Å². The molecule has 0 aliphatic rings. The van der Waals surface area contributed by atoms with Crippen LogP contribution in [0.4, 0.5) is 4.39 Å². The molecule has 0 bridgehead atoms. The van der Waals surface area contributed by atoms with Crippen molar-refractivity contribution in [2.75, 3.05) is 6.54 Å². The van der Waals surface area contributed by atoms with E-state index in [1.807, 2.05) is 36.5 Å². The van der Waals surface area contributed by atoms with E-state index in [0.717, 1.165) is 17.2 Å². The van der Waals surface area contributed by atoms with Gasteiger partial charge < -0.3 is 20.5 Å². The molecule has 0 saturated carbocycles. The maximum absolute atomic E-state index is 14.2. The summed E-state index contributed by atoms with van der Waals surface area (Å²) in [5.74, 6) is -3.72. The molecule has 1 heterocycles. The minimum Gasteiger partial charge on any atom is -0.506 e. The van der Waals surface area contributed by atoms with E-state index in [4.69, 9.17) is 5.11 Å². The molecule has 0 aliphatic heterocycles. The number of aromatic amines is 1. The maximum Gasteiger partial charge on any atom is 0.322 e. The average Bonchev–Trinajstić information content (AvgIpc) is 2.63. The first-order chi connectivity index (χ1) is 13.3. The number of aryl methyl sites for hydroxylation is 1. The van der Waals surface area contributed by atoms with Gasteiger partial charge in [0.1, 0.15) is 23.7 Å². The fourth-order valence-electron chi connectivity index (χ4n) is 3.02. The first kappa shape index (κ1) is 19.1. The van der Waals surface area contributed by atoms with E-state index in [-0.39, 0.29) is 10.9 Å². The van der Waals surface area contributed by atoms with Gasteiger partial charge in [0.25, 0.3) is 11.5 Å². The van der Waals surface area contributed by atoms with Gasteiger partial charge >= 0.3 is 5.97 Å². The van der Waals surface area contributed by atoms with E-state index < -0.39 is 41.1 Å². The number of rotatable bonds is 5. The van der Waals surface area contributed by atoms with Gasteiger partial charge in [0.15, 0.2) is 0 Å². The summed E-state index contributed by atoms with van der Waals surface area (Å²) in [4.78, 5) is 37.6. The van der Waals surface area contributed by atoms with Crippen molar-refractivity contribution in [2.24, 2.45) is 0 Å². The zero-order chi connectivity index (χ0) is 20.4. The number of aliphatic carboxylic acids is 1. The summed E-state index contributed by atoms with van der Waals surface area (Å²) in [6.45, 7) is 1.18. The SMILES string of the molecule is Cc1ccccc1Cc1cc(F)cc2c(O)c(C(=O)NCC(=O)O)c(=O)[nH]c12. The van der Waals surface area contributed by atoms with Crippen molar-refractivity contribution in [3.63, 3.8) is 0 Å². The number of carboxylic acids is 1. The molecule has 3 aromatic rings. The number of carbonyl (C=O) groups is 2. The molecule has 0 unspecified atom stereocenters. The van der Waals surface area contributed by atoms with Crippen LogP contribution in [0.2, 0.25) is 0 Å². The Hall–Kier alpha value is -3.68. The number of fused-ring (bicyclic) bond motifs is 1. The molecule has 0 aliphatic carbocycles. The maximum atomic E-state index is 14.2. The molecule has 1 aromatic heterocycles. The lowest BCUT2D eigenvalue weighted by molar-refractivity contribution is -0.135. The summed E-state index contributed by atoms with van der Waals surface area (Å²) >= 11 is 0. The van der Waals surface area contributed by atoms with Crippen LogP contribution in [0.15, 0.2) is 41.2 Å². The van der Waals surface area contributed by atoms with Crippen LogP contribution in [-0.2, 0) is 11.2 Å². The lowest BCUT2D eigenvalue weighted by Crippen LogP contribution is -2.33. The zero-order valence-electron chi connectivity index (χ0n) is 14.9. The van der Waals surface area contributed by atoms with Gasteiger partial charge in [-0.2, -0.15) is 0 Å². The molecule has 3 rings (SSSR count). The molecular formula is C20H17FN2O5. The van der Waals surface area contributed by atoms with Gasteiger partial charge in [-0.3, -0.25) is 14.4 Å². The lowest BCUT2D eigenvalue weighted by atomic mass is 9.97. The van der Waals surface area contributed by atoms with Gasteiger partial charge in [0.2, 0.25) is 0 Å². The van der Waals surface area contributed by atoms with Crippen LogP contribution in [0.3, 0.4) is 0 Å². The molecule has 0 spiro atoms. The van der Waals surface area contributed by atoms with Crippen molar-refractivity contribution >= 4 is 22.8 Å². The van der Waals surface area contributed by atoms with Crippen molar-refractivity contribution in [1.29, 1.82) is 0 Å². The largest absolute Gasteiger partial charge is 0.506 e. The van der Waals surface area contributed by atoms with Gasteiger partial charge in [0, 0.05) is 5.39 Å². The van der Waals surface area contributed by atoms with Crippen LogP contribution in [-0.4, -0.2) is 33.6 Å². The number of aromatic hydroxyl groups is 1. The summed E-state index contributed by atoms with van der Waals surface area (Å²) in [5, 5.41) is 21.1. The monoisotopic (exact) mass is 384 g/mol. The highest BCUT2D eigenvalue weighted by Gasteiger charge is 2.21. The number of halogens is 1. The molecule has 2 aromatic carbocycles. The van der Waals surface area contributed by atoms with E-state index in [0.29, 0.717) is 12.0 Å². The number of H-pyrrole nitrogens is 1. The van der Waals surface area contributed by atoms with Gasteiger partial charge in [-0.25, -0.2) is 4.39 Å². The number of hydrogen-bond acceptors (Lipinski definition) is 4. The second kappa shape index (κ2) is 7.51. The van der Waals surface area contributed by atoms with Crippen molar-refractivity contribution in [3.8, 4) is 5.75 Å². The molecule has 0 radical (unpaired) electrons. The Morgan fingerprint density at radius 1 is 1.18 bits per heavy atom. The van der Waals surface area contributed by atoms with Crippen molar-refractivity contribution < 1.29 is 24.2 Å². The third kappa shape index (κ3) is 3.71. The molecule has 0 atom stereocenters. The molecule has 0 fully saturated rings. The highest BCUT2D eigenvalue weighted by molar-refractivity contribution is 6.03. The summed E-state index contributed by atoms with van der Waals surface area (Å²) in [5.41, 5.74) is 0.983. The van der Waals surface area contributed by atoms with E-state index in [1.54, 1.807) is 0 Å². The predicted octanol–water partition coefficient (Wildman–Crippen LogP) is 2.09. The smallest absolute Gasteiger partial charge is 0.322 e. The quantitative estimate of drug-likeness (QED) is 0.537. The fraction of sp³-hybridized carbons (Fsp3) is 0.150. The van der Waals surface area contributed by atoms with Crippen molar-refractivity contribution in [1.82, 2.24) is 10.3 Å².